The number of carbonyl (C=O) groups excluding carboxylic acids is 1. The van der Waals surface area contributed by atoms with E-state index in [2.05, 4.69) is 27.2 Å². The van der Waals surface area contributed by atoms with E-state index in [9.17, 15) is 4.79 Å². The minimum absolute atomic E-state index is 0.0358. The molecule has 2 saturated heterocycles. The average molecular weight is 464 g/mol. The van der Waals surface area contributed by atoms with Crippen molar-refractivity contribution in [2.24, 2.45) is 0 Å². The van der Waals surface area contributed by atoms with Crippen molar-refractivity contribution < 1.29 is 9.53 Å². The Labute approximate surface area is 198 Å². The Balaban J connectivity index is 1.23. The lowest BCUT2D eigenvalue weighted by molar-refractivity contribution is -0.113. The van der Waals surface area contributed by atoms with Crippen molar-refractivity contribution in [3.05, 3.63) is 54.4 Å². The lowest BCUT2D eigenvalue weighted by Crippen LogP contribution is -2.36. The lowest BCUT2D eigenvalue weighted by atomic mass is 10.2. The topological polar surface area (TPSA) is 70.6 Å². The number of thioether (sulfide) groups is 1. The molecule has 2 aromatic carbocycles. The third kappa shape index (κ3) is 5.63. The van der Waals surface area contributed by atoms with Crippen molar-refractivity contribution in [3.8, 4) is 0 Å². The van der Waals surface area contributed by atoms with E-state index in [1.807, 2.05) is 36.4 Å². The number of benzene rings is 2. The van der Waals surface area contributed by atoms with Crippen LogP contribution >= 0.6 is 11.8 Å². The standard InChI is InChI=1S/C25H29N5O2S/c31-24(26-19-7-9-20(10-8-19)30-11-3-4-12-30)18-33-25-21-5-1-2-6-22(21)27-23(28-25)17-29-13-15-32-16-14-29/h1-2,5-10H,3-4,11-18H2,(H,26,31). The van der Waals surface area contributed by atoms with Gasteiger partial charge < -0.3 is 15.0 Å². The molecule has 0 radical (unpaired) electrons. The highest BCUT2D eigenvalue weighted by Crippen LogP contribution is 2.26. The third-order valence-corrected chi connectivity index (χ3v) is 7.04. The Morgan fingerprint density at radius 1 is 0.970 bits per heavy atom. The average Bonchev–Trinajstić information content (AvgIpc) is 3.39. The Bertz CT molecular complexity index is 1100. The number of aromatic nitrogens is 2. The van der Waals surface area contributed by atoms with Crippen molar-refractivity contribution in [1.82, 2.24) is 14.9 Å². The number of carbonyl (C=O) groups is 1. The quantitative estimate of drug-likeness (QED) is 0.422. The maximum Gasteiger partial charge on any atom is 0.234 e. The van der Waals surface area contributed by atoms with E-state index in [1.54, 1.807) is 0 Å². The summed E-state index contributed by atoms with van der Waals surface area (Å²) in [4.78, 5) is 26.9. The van der Waals surface area contributed by atoms with E-state index in [0.29, 0.717) is 12.3 Å². The molecule has 2 aliphatic heterocycles. The molecule has 0 unspecified atom stereocenters. The van der Waals surface area contributed by atoms with Gasteiger partial charge in [-0.1, -0.05) is 30.0 Å². The van der Waals surface area contributed by atoms with E-state index in [0.717, 1.165) is 66.8 Å². The minimum atomic E-state index is -0.0358. The minimum Gasteiger partial charge on any atom is -0.379 e. The van der Waals surface area contributed by atoms with Crippen LogP contribution in [0.4, 0.5) is 11.4 Å². The third-order valence-electron chi connectivity index (χ3n) is 6.05. The molecule has 8 heteroatoms. The van der Waals surface area contributed by atoms with E-state index in [1.165, 1.54) is 30.3 Å². The van der Waals surface area contributed by atoms with Gasteiger partial charge in [0.25, 0.3) is 0 Å². The second kappa shape index (κ2) is 10.5. The van der Waals surface area contributed by atoms with Gasteiger partial charge in [0, 0.05) is 42.9 Å². The first-order valence-electron chi connectivity index (χ1n) is 11.6. The molecule has 2 aliphatic rings. The summed E-state index contributed by atoms with van der Waals surface area (Å²) in [6.07, 6.45) is 2.50. The normalized spacial score (nSPS) is 16.9. The van der Waals surface area contributed by atoms with Gasteiger partial charge in [-0.05, 0) is 43.2 Å². The predicted octanol–water partition coefficient (Wildman–Crippen LogP) is 3.79. The molecule has 7 nitrogen and oxygen atoms in total. The molecular weight excluding hydrogens is 434 g/mol. The molecular formula is C25H29N5O2S. The van der Waals surface area contributed by atoms with Crippen LogP contribution in [0.3, 0.4) is 0 Å². The first-order chi connectivity index (χ1) is 16.2. The van der Waals surface area contributed by atoms with Crippen LogP contribution in [0.2, 0.25) is 0 Å². The number of rotatable bonds is 7. The number of amides is 1. The molecule has 33 heavy (non-hydrogen) atoms. The molecule has 3 aromatic rings. The molecule has 5 rings (SSSR count). The Hall–Kier alpha value is -2.68. The SMILES string of the molecule is O=C(CSc1nc(CN2CCOCC2)nc2ccccc12)Nc1ccc(N2CCCC2)cc1. The zero-order valence-electron chi connectivity index (χ0n) is 18.7. The van der Waals surface area contributed by atoms with Crippen molar-refractivity contribution >= 4 is 39.9 Å². The largest absolute Gasteiger partial charge is 0.379 e. The molecule has 0 aliphatic carbocycles. The number of hydrogen-bond donors (Lipinski definition) is 1. The van der Waals surface area contributed by atoms with Crippen molar-refractivity contribution in [1.29, 1.82) is 0 Å². The van der Waals surface area contributed by atoms with E-state index in [4.69, 9.17) is 14.7 Å². The first-order valence-corrected chi connectivity index (χ1v) is 12.6. The van der Waals surface area contributed by atoms with Crippen LogP contribution in [0, 0.1) is 0 Å². The van der Waals surface area contributed by atoms with Gasteiger partial charge >= 0.3 is 0 Å². The lowest BCUT2D eigenvalue weighted by Gasteiger charge is -2.25. The maximum absolute atomic E-state index is 12.7. The zero-order valence-corrected chi connectivity index (χ0v) is 19.5. The Morgan fingerprint density at radius 3 is 2.52 bits per heavy atom. The van der Waals surface area contributed by atoms with Crippen molar-refractivity contribution in [2.45, 2.75) is 24.4 Å². The van der Waals surface area contributed by atoms with Gasteiger partial charge in [0.05, 0.1) is 31.0 Å². The van der Waals surface area contributed by atoms with Crippen molar-refractivity contribution in [2.75, 3.05) is 55.4 Å². The fourth-order valence-electron chi connectivity index (χ4n) is 4.30. The summed E-state index contributed by atoms with van der Waals surface area (Å²) in [5, 5.41) is 4.85. The van der Waals surface area contributed by atoms with Gasteiger partial charge in [-0.2, -0.15) is 0 Å². The van der Waals surface area contributed by atoms with Crippen LogP contribution in [0.15, 0.2) is 53.6 Å². The second-order valence-electron chi connectivity index (χ2n) is 8.43. The summed E-state index contributed by atoms with van der Waals surface area (Å²) in [6.45, 7) is 6.18. The number of para-hydroxylation sites is 1. The molecule has 1 aromatic heterocycles. The molecule has 1 amide bonds. The monoisotopic (exact) mass is 463 g/mol. The Morgan fingerprint density at radius 2 is 1.73 bits per heavy atom. The molecule has 2 fully saturated rings. The van der Waals surface area contributed by atoms with Crippen LogP contribution in [0.1, 0.15) is 18.7 Å². The molecule has 0 bridgehead atoms. The van der Waals surface area contributed by atoms with Crippen LogP contribution in [-0.4, -0.2) is 65.9 Å². The van der Waals surface area contributed by atoms with Gasteiger partial charge in [0.1, 0.15) is 10.9 Å². The smallest absolute Gasteiger partial charge is 0.234 e. The zero-order chi connectivity index (χ0) is 22.5. The van der Waals surface area contributed by atoms with Gasteiger partial charge in [-0.15, -0.1) is 0 Å². The number of nitrogens with one attached hydrogen (secondary N) is 1. The molecule has 3 heterocycles. The molecule has 0 saturated carbocycles. The fraction of sp³-hybridized carbons (Fsp3) is 0.400. The summed E-state index contributed by atoms with van der Waals surface area (Å²) < 4.78 is 5.44. The summed E-state index contributed by atoms with van der Waals surface area (Å²) in [5.74, 6) is 1.05. The molecule has 172 valence electrons. The van der Waals surface area contributed by atoms with Crippen LogP contribution < -0.4 is 10.2 Å². The second-order valence-corrected chi connectivity index (χ2v) is 9.39. The van der Waals surface area contributed by atoms with Crippen molar-refractivity contribution in [3.63, 3.8) is 0 Å². The predicted molar refractivity (Wildman–Crippen MR) is 133 cm³/mol. The summed E-state index contributed by atoms with van der Waals surface area (Å²) >= 11 is 1.46. The van der Waals surface area contributed by atoms with Crippen LogP contribution in [0.25, 0.3) is 10.9 Å². The summed E-state index contributed by atoms with van der Waals surface area (Å²) in [5.41, 5.74) is 2.96. The Kier molecular flexibility index (Phi) is 7.04. The number of ether oxygens (including phenoxy) is 1. The van der Waals surface area contributed by atoms with E-state index >= 15 is 0 Å². The number of nitrogens with zero attached hydrogens (tertiary/aromatic N) is 4. The fourth-order valence-corrected chi connectivity index (χ4v) is 5.13. The summed E-state index contributed by atoms with van der Waals surface area (Å²) in [6, 6.07) is 16.1. The number of fused-ring (bicyclic) bond motifs is 1. The highest BCUT2D eigenvalue weighted by Gasteiger charge is 2.16. The van der Waals surface area contributed by atoms with Crippen LogP contribution in [0.5, 0.6) is 0 Å². The number of anilines is 2. The first kappa shape index (κ1) is 22.1. The number of morpholine rings is 1. The van der Waals surface area contributed by atoms with Gasteiger partial charge in [-0.25, -0.2) is 9.97 Å². The van der Waals surface area contributed by atoms with Gasteiger partial charge in [0.2, 0.25) is 5.91 Å². The van der Waals surface area contributed by atoms with Crippen LogP contribution in [-0.2, 0) is 16.1 Å². The highest BCUT2D eigenvalue weighted by atomic mass is 32.2. The van der Waals surface area contributed by atoms with Gasteiger partial charge in [-0.3, -0.25) is 9.69 Å². The van der Waals surface area contributed by atoms with E-state index < -0.39 is 0 Å². The molecule has 0 spiro atoms. The van der Waals surface area contributed by atoms with Gasteiger partial charge in [0.15, 0.2) is 0 Å². The maximum atomic E-state index is 12.7. The molecule has 0 atom stereocenters. The summed E-state index contributed by atoms with van der Waals surface area (Å²) in [7, 11) is 0. The van der Waals surface area contributed by atoms with E-state index in [-0.39, 0.29) is 5.91 Å². The molecule has 1 N–H and O–H groups in total. The number of hydrogen-bond acceptors (Lipinski definition) is 7. The highest BCUT2D eigenvalue weighted by molar-refractivity contribution is 8.00.